The first-order valence-corrected chi connectivity index (χ1v) is 7.47. The molecule has 2 saturated heterocycles. The summed E-state index contributed by atoms with van der Waals surface area (Å²) in [5.74, 6) is -0.779. The lowest BCUT2D eigenvalue weighted by molar-refractivity contribution is -0.103. The second-order valence-electron chi connectivity index (χ2n) is 6.06. The zero-order valence-corrected chi connectivity index (χ0v) is 12.2. The van der Waals surface area contributed by atoms with Crippen molar-refractivity contribution in [1.29, 1.82) is 0 Å². The Morgan fingerprint density at radius 1 is 1.24 bits per heavy atom. The smallest absolute Gasteiger partial charge is 0.126 e. The van der Waals surface area contributed by atoms with Gasteiger partial charge in [0.2, 0.25) is 0 Å². The van der Waals surface area contributed by atoms with Gasteiger partial charge in [0.25, 0.3) is 0 Å². The molecule has 0 aliphatic carbocycles. The molecule has 1 N–H and O–H groups in total. The maximum absolute atomic E-state index is 13.5. The third kappa shape index (κ3) is 3.10. The van der Waals surface area contributed by atoms with E-state index in [1.807, 2.05) is 7.05 Å². The van der Waals surface area contributed by atoms with Crippen LogP contribution in [0, 0.1) is 17.6 Å². The Balaban J connectivity index is 1.82. The molecule has 0 radical (unpaired) electrons. The van der Waals surface area contributed by atoms with Crippen molar-refractivity contribution in [2.45, 2.75) is 30.9 Å². The summed E-state index contributed by atoms with van der Waals surface area (Å²) >= 11 is 0. The molecule has 5 heteroatoms. The summed E-state index contributed by atoms with van der Waals surface area (Å²) in [5.41, 5.74) is 0.458. The second-order valence-corrected chi connectivity index (χ2v) is 6.06. The fourth-order valence-corrected chi connectivity index (χ4v) is 3.64. The van der Waals surface area contributed by atoms with Crippen molar-refractivity contribution in [3.63, 3.8) is 0 Å². The van der Waals surface area contributed by atoms with Crippen LogP contribution in [0.2, 0.25) is 0 Å². The minimum atomic E-state index is -0.531. The predicted octanol–water partition coefficient (Wildman–Crippen LogP) is 2.81. The molecule has 3 unspecified atom stereocenters. The largest absolute Gasteiger partial charge is 0.378 e. The summed E-state index contributed by atoms with van der Waals surface area (Å²) in [6, 6.07) is 3.67. The summed E-state index contributed by atoms with van der Waals surface area (Å²) in [4.78, 5) is 0. The van der Waals surface area contributed by atoms with Gasteiger partial charge < -0.3 is 14.8 Å². The molecule has 116 valence electrons. The SMILES string of the molecule is CNC(c1cc(F)cc(F)c1)C1CCOC2(CCOC2)C1. The van der Waals surface area contributed by atoms with Gasteiger partial charge in [-0.15, -0.1) is 0 Å². The number of hydrogen-bond acceptors (Lipinski definition) is 3. The van der Waals surface area contributed by atoms with Crippen molar-refractivity contribution in [3.8, 4) is 0 Å². The van der Waals surface area contributed by atoms with E-state index in [0.29, 0.717) is 18.8 Å². The van der Waals surface area contributed by atoms with Crippen molar-refractivity contribution >= 4 is 0 Å². The highest BCUT2D eigenvalue weighted by atomic mass is 19.1. The lowest BCUT2D eigenvalue weighted by Gasteiger charge is -2.40. The average molecular weight is 297 g/mol. The number of nitrogens with one attached hydrogen (secondary N) is 1. The van der Waals surface area contributed by atoms with Crippen LogP contribution in [0.25, 0.3) is 0 Å². The van der Waals surface area contributed by atoms with E-state index in [1.54, 1.807) is 0 Å². The highest BCUT2D eigenvalue weighted by Crippen LogP contribution is 2.41. The number of rotatable bonds is 3. The first-order valence-electron chi connectivity index (χ1n) is 7.47. The van der Waals surface area contributed by atoms with Gasteiger partial charge in [0, 0.05) is 31.7 Å². The monoisotopic (exact) mass is 297 g/mol. The molecule has 1 aromatic carbocycles. The van der Waals surface area contributed by atoms with Gasteiger partial charge in [-0.2, -0.15) is 0 Å². The van der Waals surface area contributed by atoms with E-state index in [4.69, 9.17) is 9.47 Å². The number of hydrogen-bond donors (Lipinski definition) is 1. The summed E-state index contributed by atoms with van der Waals surface area (Å²) in [7, 11) is 1.83. The lowest BCUT2D eigenvalue weighted by atomic mass is 9.79. The Bertz CT molecular complexity index is 483. The van der Waals surface area contributed by atoms with Crippen molar-refractivity contribution in [2.24, 2.45) is 5.92 Å². The van der Waals surface area contributed by atoms with Crippen molar-refractivity contribution in [1.82, 2.24) is 5.32 Å². The summed E-state index contributed by atoms with van der Waals surface area (Å²) in [5, 5.41) is 3.22. The topological polar surface area (TPSA) is 30.5 Å². The molecule has 2 fully saturated rings. The summed E-state index contributed by atoms with van der Waals surface area (Å²) < 4.78 is 38.4. The summed E-state index contributed by atoms with van der Waals surface area (Å²) in [6.07, 6.45) is 2.64. The van der Waals surface area contributed by atoms with Crippen molar-refractivity contribution in [3.05, 3.63) is 35.4 Å². The highest BCUT2D eigenvalue weighted by molar-refractivity contribution is 5.22. The van der Waals surface area contributed by atoms with Crippen LogP contribution in [0.4, 0.5) is 8.78 Å². The van der Waals surface area contributed by atoms with Crippen LogP contribution < -0.4 is 5.32 Å². The van der Waals surface area contributed by atoms with E-state index in [0.717, 1.165) is 31.9 Å². The van der Waals surface area contributed by atoms with E-state index in [9.17, 15) is 8.78 Å². The van der Waals surface area contributed by atoms with Gasteiger partial charge in [0.05, 0.1) is 12.2 Å². The van der Waals surface area contributed by atoms with Gasteiger partial charge in [-0.05, 0) is 43.5 Å². The first-order chi connectivity index (χ1) is 10.1. The highest BCUT2D eigenvalue weighted by Gasteiger charge is 2.43. The van der Waals surface area contributed by atoms with E-state index in [-0.39, 0.29) is 17.6 Å². The molecule has 0 aromatic heterocycles. The quantitative estimate of drug-likeness (QED) is 0.930. The maximum Gasteiger partial charge on any atom is 0.126 e. The van der Waals surface area contributed by atoms with Crippen molar-refractivity contribution < 1.29 is 18.3 Å². The van der Waals surface area contributed by atoms with Crippen molar-refractivity contribution in [2.75, 3.05) is 26.9 Å². The molecule has 0 bridgehead atoms. The second kappa shape index (κ2) is 5.99. The van der Waals surface area contributed by atoms with E-state index in [1.165, 1.54) is 12.1 Å². The molecule has 21 heavy (non-hydrogen) atoms. The molecule has 3 nitrogen and oxygen atoms in total. The van der Waals surface area contributed by atoms with Gasteiger partial charge in [-0.1, -0.05) is 0 Å². The average Bonchev–Trinajstić information content (AvgIpc) is 2.86. The Labute approximate surface area is 123 Å². The lowest BCUT2D eigenvalue weighted by Crippen LogP contribution is -2.43. The molecular weight excluding hydrogens is 276 g/mol. The summed E-state index contributed by atoms with van der Waals surface area (Å²) in [6.45, 7) is 2.02. The minimum Gasteiger partial charge on any atom is -0.378 e. The fraction of sp³-hybridized carbons (Fsp3) is 0.625. The Kier molecular flexibility index (Phi) is 4.24. The van der Waals surface area contributed by atoms with Gasteiger partial charge >= 0.3 is 0 Å². The van der Waals surface area contributed by atoms with Crippen LogP contribution in [0.1, 0.15) is 30.9 Å². The zero-order chi connectivity index (χ0) is 14.9. The zero-order valence-electron chi connectivity index (χ0n) is 12.2. The maximum atomic E-state index is 13.5. The molecule has 2 aliphatic heterocycles. The standard InChI is InChI=1S/C16H21F2NO2/c1-19-15(12-6-13(17)8-14(18)7-12)11-2-4-21-16(9-11)3-5-20-10-16/h6-8,11,15,19H,2-5,9-10H2,1H3. The molecule has 0 amide bonds. The van der Waals surface area contributed by atoms with E-state index in [2.05, 4.69) is 5.32 Å². The Hall–Kier alpha value is -1.04. The normalized spacial score (nSPS) is 30.7. The first kappa shape index (κ1) is 14.9. The molecule has 3 rings (SSSR count). The molecule has 3 atom stereocenters. The van der Waals surface area contributed by atoms with Gasteiger partial charge in [-0.25, -0.2) is 8.78 Å². The fourth-order valence-electron chi connectivity index (χ4n) is 3.64. The van der Waals surface area contributed by atoms with Crippen LogP contribution in [-0.4, -0.2) is 32.5 Å². The van der Waals surface area contributed by atoms with Gasteiger partial charge in [-0.3, -0.25) is 0 Å². The molecule has 2 heterocycles. The van der Waals surface area contributed by atoms with Crippen LogP contribution in [-0.2, 0) is 9.47 Å². The predicted molar refractivity (Wildman–Crippen MR) is 75.0 cm³/mol. The number of halogens is 2. The van der Waals surface area contributed by atoms with Crippen LogP contribution >= 0.6 is 0 Å². The molecule has 2 aliphatic rings. The van der Waals surface area contributed by atoms with Gasteiger partial charge in [0.15, 0.2) is 0 Å². The Morgan fingerprint density at radius 3 is 2.62 bits per heavy atom. The third-order valence-electron chi connectivity index (χ3n) is 4.62. The molecule has 0 saturated carbocycles. The molecule has 1 aromatic rings. The minimum absolute atomic E-state index is 0.0726. The number of benzene rings is 1. The molecule has 1 spiro atoms. The van der Waals surface area contributed by atoms with Gasteiger partial charge in [0.1, 0.15) is 11.6 Å². The van der Waals surface area contributed by atoms with Crippen LogP contribution in [0.5, 0.6) is 0 Å². The van der Waals surface area contributed by atoms with Crippen LogP contribution in [0.3, 0.4) is 0 Å². The van der Waals surface area contributed by atoms with E-state index >= 15 is 0 Å². The van der Waals surface area contributed by atoms with E-state index < -0.39 is 11.6 Å². The third-order valence-corrected chi connectivity index (χ3v) is 4.62. The number of ether oxygens (including phenoxy) is 2. The van der Waals surface area contributed by atoms with Crippen LogP contribution in [0.15, 0.2) is 18.2 Å². The molecular formula is C16H21F2NO2. The Morgan fingerprint density at radius 2 is 2.00 bits per heavy atom.